The number of carbonyl (C=O) groups excluding carboxylic acids is 1. The first-order chi connectivity index (χ1) is 15.7. The van der Waals surface area contributed by atoms with Gasteiger partial charge in [-0.1, -0.05) is 0 Å². The molecule has 4 rings (SSSR count). The molecule has 0 saturated carbocycles. The van der Waals surface area contributed by atoms with E-state index in [-0.39, 0.29) is 17.5 Å². The van der Waals surface area contributed by atoms with E-state index in [0.717, 1.165) is 28.0 Å². The number of hydrogen-bond acceptors (Lipinski definition) is 1. The first kappa shape index (κ1) is 23.4. The number of benzene rings is 4. The molecule has 4 aromatic rings. The van der Waals surface area contributed by atoms with E-state index >= 15 is 0 Å². The molecule has 0 heterocycles. The molecular formula is C27H21BrF3OP. The Morgan fingerprint density at radius 2 is 1.00 bits per heavy atom. The zero-order chi connectivity index (χ0) is 23.6. The van der Waals surface area contributed by atoms with Gasteiger partial charge in [0.1, 0.15) is 0 Å². The van der Waals surface area contributed by atoms with Gasteiger partial charge < -0.3 is 0 Å². The summed E-state index contributed by atoms with van der Waals surface area (Å²) in [4.78, 5) is 13.7. The van der Waals surface area contributed by atoms with Gasteiger partial charge in [-0.15, -0.1) is 0 Å². The molecule has 168 valence electrons. The van der Waals surface area contributed by atoms with Crippen LogP contribution in [0.1, 0.15) is 15.9 Å². The van der Waals surface area contributed by atoms with Crippen molar-refractivity contribution in [1.29, 1.82) is 0 Å². The molecule has 0 unspecified atom stereocenters. The van der Waals surface area contributed by atoms with Crippen molar-refractivity contribution >= 4 is 42.5 Å². The predicted molar refractivity (Wildman–Crippen MR) is 135 cm³/mol. The molecule has 0 aromatic heterocycles. The summed E-state index contributed by atoms with van der Waals surface area (Å²) in [6, 6.07) is 33.9. The number of ketones is 1. The second kappa shape index (κ2) is 8.89. The van der Waals surface area contributed by atoms with Gasteiger partial charge in [0, 0.05) is 0 Å². The van der Waals surface area contributed by atoms with E-state index in [0.29, 0.717) is 0 Å². The van der Waals surface area contributed by atoms with Crippen molar-refractivity contribution in [3.8, 4) is 0 Å². The van der Waals surface area contributed by atoms with Crippen molar-refractivity contribution in [2.75, 3.05) is 6.16 Å². The predicted octanol–water partition coefficient (Wildman–Crippen LogP) is 6.73. The molecule has 1 nitrogen and oxygen atoms in total. The summed E-state index contributed by atoms with van der Waals surface area (Å²) in [6.07, 6.45) is -4.36. The van der Waals surface area contributed by atoms with Gasteiger partial charge >= 0.3 is 199 Å². The average Bonchev–Trinajstić information content (AvgIpc) is 2.85. The monoisotopic (exact) mass is 528 g/mol. The second-order valence-corrected chi connectivity index (χ2v) is 16.8. The Morgan fingerprint density at radius 1 is 0.636 bits per heavy atom. The van der Waals surface area contributed by atoms with Gasteiger partial charge in [-0.2, -0.15) is 0 Å². The molecule has 0 N–H and O–H groups in total. The Bertz CT molecular complexity index is 1140. The zero-order valence-corrected chi connectivity index (χ0v) is 20.0. The zero-order valence-electron chi connectivity index (χ0n) is 17.5. The summed E-state index contributed by atoms with van der Waals surface area (Å²) in [7, 11) is 0. The Balaban J connectivity index is 1.93. The summed E-state index contributed by atoms with van der Waals surface area (Å²) < 4.78 is 39.1. The second-order valence-electron chi connectivity index (χ2n) is 7.85. The third-order valence-corrected chi connectivity index (χ3v) is 15.3. The van der Waals surface area contributed by atoms with Crippen molar-refractivity contribution in [3.63, 3.8) is 0 Å². The first-order valence-corrected chi connectivity index (χ1v) is 14.8. The van der Waals surface area contributed by atoms with Crippen LogP contribution in [0.5, 0.6) is 0 Å². The standard InChI is InChI=1S/C27H21BrF3OP/c28-33(23-10-4-1-5-11-23,24-12-6-2-7-13-24,25-14-8-3-9-15-25)20-26(32)21-16-18-22(19-17-21)27(29,30)31/h1-19H,20H2. The normalized spacial score (nSPS) is 13.2. The molecule has 33 heavy (non-hydrogen) atoms. The van der Waals surface area contributed by atoms with Crippen molar-refractivity contribution in [2.24, 2.45) is 0 Å². The summed E-state index contributed by atoms with van der Waals surface area (Å²) in [5.74, 6) is -0.227. The van der Waals surface area contributed by atoms with Gasteiger partial charge in [0.25, 0.3) is 0 Å². The maximum absolute atomic E-state index is 13.7. The minimum absolute atomic E-state index is 0.0923. The van der Waals surface area contributed by atoms with Crippen molar-refractivity contribution in [3.05, 3.63) is 126 Å². The number of Topliss-reactive ketones (excluding diaryl/α,β-unsaturated/α-hetero) is 1. The van der Waals surface area contributed by atoms with Gasteiger partial charge in [0.2, 0.25) is 0 Å². The molecule has 0 aliphatic heterocycles. The molecule has 0 fully saturated rings. The van der Waals surface area contributed by atoms with Crippen LogP contribution in [0.2, 0.25) is 0 Å². The summed E-state index contributed by atoms with van der Waals surface area (Å²) in [5.41, 5.74) is -0.524. The van der Waals surface area contributed by atoms with Gasteiger partial charge in [-0.05, 0) is 0 Å². The van der Waals surface area contributed by atoms with Gasteiger partial charge in [0.15, 0.2) is 0 Å². The Morgan fingerprint density at radius 3 is 1.33 bits per heavy atom. The number of halogens is 4. The van der Waals surface area contributed by atoms with Crippen LogP contribution < -0.4 is 15.9 Å². The van der Waals surface area contributed by atoms with Crippen LogP contribution in [-0.2, 0) is 6.18 Å². The third kappa shape index (κ3) is 4.28. The van der Waals surface area contributed by atoms with E-state index in [4.69, 9.17) is 0 Å². The quantitative estimate of drug-likeness (QED) is 0.200. The summed E-state index contributed by atoms with van der Waals surface area (Å²) >= 11 is 4.19. The summed E-state index contributed by atoms with van der Waals surface area (Å²) in [5, 5.41) is -0.579. The topological polar surface area (TPSA) is 17.1 Å². The molecule has 0 bridgehead atoms. The number of alkyl halides is 3. The molecule has 0 aliphatic carbocycles. The molecule has 4 aromatic carbocycles. The molecule has 0 saturated heterocycles. The molecule has 0 atom stereocenters. The fourth-order valence-corrected chi connectivity index (χ4v) is 11.5. The Hall–Kier alpha value is -2.75. The fourth-order valence-electron chi connectivity index (χ4n) is 4.14. The van der Waals surface area contributed by atoms with E-state index in [1.54, 1.807) is 0 Å². The van der Waals surface area contributed by atoms with Crippen LogP contribution in [0, 0.1) is 0 Å². The Kier molecular flexibility index (Phi) is 6.30. The van der Waals surface area contributed by atoms with Crippen LogP contribution in [0.15, 0.2) is 115 Å². The molecule has 0 amide bonds. The van der Waals surface area contributed by atoms with Crippen LogP contribution in [0.4, 0.5) is 13.2 Å². The molecule has 0 radical (unpaired) electrons. The number of carbonyl (C=O) groups is 1. The number of hydrogen-bond donors (Lipinski definition) is 0. The van der Waals surface area contributed by atoms with E-state index in [1.807, 2.05) is 91.0 Å². The minimum atomic E-state index is -4.45. The van der Waals surface area contributed by atoms with E-state index < -0.39 is 17.0 Å². The fraction of sp³-hybridized carbons (Fsp3) is 0.0741. The van der Waals surface area contributed by atoms with E-state index in [1.165, 1.54) is 12.1 Å². The van der Waals surface area contributed by atoms with Crippen molar-refractivity contribution in [1.82, 2.24) is 0 Å². The first-order valence-electron chi connectivity index (χ1n) is 10.3. The average molecular weight is 529 g/mol. The summed E-state index contributed by atoms with van der Waals surface area (Å²) in [6.45, 7) is 0. The van der Waals surface area contributed by atoms with Crippen LogP contribution in [-0.4, -0.2) is 11.9 Å². The van der Waals surface area contributed by atoms with Crippen molar-refractivity contribution < 1.29 is 18.0 Å². The van der Waals surface area contributed by atoms with E-state index in [9.17, 15) is 18.0 Å². The van der Waals surface area contributed by atoms with Crippen molar-refractivity contribution in [2.45, 2.75) is 6.18 Å². The molecule has 0 spiro atoms. The van der Waals surface area contributed by atoms with Crippen LogP contribution >= 0.6 is 20.8 Å². The van der Waals surface area contributed by atoms with Crippen LogP contribution in [0.3, 0.4) is 0 Å². The SMILES string of the molecule is O=C(CP(Br)(c1ccccc1)(c1ccccc1)c1ccccc1)c1ccc(C(F)(F)F)cc1. The number of rotatable bonds is 6. The molecule has 6 heteroatoms. The van der Waals surface area contributed by atoms with Gasteiger partial charge in [-0.3, -0.25) is 0 Å². The molecular weight excluding hydrogens is 508 g/mol. The van der Waals surface area contributed by atoms with E-state index in [2.05, 4.69) is 15.5 Å². The van der Waals surface area contributed by atoms with Gasteiger partial charge in [0.05, 0.1) is 0 Å². The van der Waals surface area contributed by atoms with Crippen LogP contribution in [0.25, 0.3) is 0 Å². The maximum atomic E-state index is 13.7. The molecule has 0 aliphatic rings. The van der Waals surface area contributed by atoms with Gasteiger partial charge in [-0.25, -0.2) is 0 Å². The third-order valence-electron chi connectivity index (χ3n) is 5.86. The Labute approximate surface area is 199 Å².